The Hall–Kier alpha value is -3.01. The summed E-state index contributed by atoms with van der Waals surface area (Å²) in [7, 11) is 1.48. The Labute approximate surface area is 171 Å². The van der Waals surface area contributed by atoms with Crippen LogP contribution >= 0.6 is 0 Å². The van der Waals surface area contributed by atoms with Gasteiger partial charge in [0.1, 0.15) is 0 Å². The normalized spacial score (nSPS) is 11.9. The molecule has 10 heteroatoms. The molecule has 0 saturated heterocycles. The summed E-state index contributed by atoms with van der Waals surface area (Å²) in [5.74, 6) is -2.90. The van der Waals surface area contributed by atoms with Crippen molar-refractivity contribution in [2.75, 3.05) is 13.2 Å². The first-order valence-electron chi connectivity index (χ1n) is 9.58. The van der Waals surface area contributed by atoms with Gasteiger partial charge in [0.05, 0.1) is 13.2 Å². The number of ether oxygens (including phenoxy) is 1. The quantitative estimate of drug-likeness (QED) is 0.567. The van der Waals surface area contributed by atoms with Crippen molar-refractivity contribution in [1.82, 2.24) is 18.7 Å². The zero-order valence-electron chi connectivity index (χ0n) is 16.8. The highest BCUT2D eigenvalue weighted by Crippen LogP contribution is 2.22. The van der Waals surface area contributed by atoms with E-state index in [1.54, 1.807) is 0 Å². The van der Waals surface area contributed by atoms with Crippen molar-refractivity contribution in [1.29, 1.82) is 0 Å². The molecule has 2 aromatic heterocycles. The third kappa shape index (κ3) is 4.59. The Morgan fingerprint density at radius 1 is 1.17 bits per heavy atom. The van der Waals surface area contributed by atoms with Crippen LogP contribution in [0, 0.1) is 0 Å². The standard InChI is InChI=1S/C20H24F2N4O4/c1-20(21,22)9-12-30-18-23-16-15(26(18)13-14-7-4-3-5-8-14)17(28)25(10-6-11-27)19(29)24(16)2/h3-5,7-8,27H,6,9-13H2,1-2H3. The Balaban J connectivity index is 2.15. The van der Waals surface area contributed by atoms with Crippen molar-refractivity contribution >= 4 is 11.2 Å². The summed E-state index contributed by atoms with van der Waals surface area (Å²) in [6, 6.07) is 9.21. The monoisotopic (exact) mass is 422 g/mol. The molecule has 0 fully saturated rings. The fraction of sp³-hybridized carbons (Fsp3) is 0.450. The van der Waals surface area contributed by atoms with Crippen LogP contribution in [0.2, 0.25) is 0 Å². The number of hydrogen-bond donors (Lipinski definition) is 1. The van der Waals surface area contributed by atoms with Gasteiger partial charge in [-0.05, 0) is 18.9 Å². The van der Waals surface area contributed by atoms with Gasteiger partial charge in [0.15, 0.2) is 11.2 Å². The van der Waals surface area contributed by atoms with Crippen LogP contribution in [0.15, 0.2) is 39.9 Å². The zero-order chi connectivity index (χ0) is 21.9. The lowest BCUT2D eigenvalue weighted by atomic mass is 10.2. The SMILES string of the molecule is Cn1c(=O)n(CCCO)c(=O)c2c1nc(OCCC(C)(F)F)n2Cc1ccccc1. The molecule has 0 atom stereocenters. The summed E-state index contributed by atoms with van der Waals surface area (Å²) < 4.78 is 35.7. The second-order valence-corrected chi connectivity index (χ2v) is 7.18. The number of aliphatic hydroxyl groups excluding tert-OH is 1. The smallest absolute Gasteiger partial charge is 0.332 e. The van der Waals surface area contributed by atoms with E-state index in [1.165, 1.54) is 16.2 Å². The van der Waals surface area contributed by atoms with E-state index in [9.17, 15) is 18.4 Å². The van der Waals surface area contributed by atoms with Crippen LogP contribution in [-0.4, -0.2) is 42.9 Å². The lowest BCUT2D eigenvalue weighted by Crippen LogP contribution is -2.39. The summed E-state index contributed by atoms with van der Waals surface area (Å²) in [5, 5.41) is 9.09. The minimum atomic E-state index is -2.90. The number of rotatable bonds is 9. The third-order valence-electron chi connectivity index (χ3n) is 4.69. The van der Waals surface area contributed by atoms with Crippen molar-refractivity contribution in [2.45, 2.75) is 38.8 Å². The van der Waals surface area contributed by atoms with Gasteiger partial charge in [-0.1, -0.05) is 30.3 Å². The number of aromatic nitrogens is 4. The highest BCUT2D eigenvalue weighted by molar-refractivity contribution is 5.72. The van der Waals surface area contributed by atoms with Gasteiger partial charge >= 0.3 is 5.69 Å². The molecule has 0 aliphatic heterocycles. The van der Waals surface area contributed by atoms with Crippen LogP contribution in [0.25, 0.3) is 11.2 Å². The molecule has 0 aliphatic carbocycles. The zero-order valence-corrected chi connectivity index (χ0v) is 16.8. The van der Waals surface area contributed by atoms with E-state index in [1.807, 2.05) is 30.3 Å². The minimum Gasteiger partial charge on any atom is -0.464 e. The van der Waals surface area contributed by atoms with Crippen LogP contribution in [0.4, 0.5) is 8.78 Å². The van der Waals surface area contributed by atoms with Crippen molar-refractivity contribution in [3.8, 4) is 6.01 Å². The van der Waals surface area contributed by atoms with E-state index in [4.69, 9.17) is 9.84 Å². The van der Waals surface area contributed by atoms with Gasteiger partial charge in [0, 0.05) is 26.6 Å². The Bertz CT molecular complexity index is 1130. The van der Waals surface area contributed by atoms with Crippen molar-refractivity contribution in [3.05, 3.63) is 56.7 Å². The molecule has 0 saturated carbocycles. The number of halogens is 2. The second kappa shape index (κ2) is 8.78. The topological polar surface area (TPSA) is 91.3 Å². The van der Waals surface area contributed by atoms with Crippen molar-refractivity contribution in [3.63, 3.8) is 0 Å². The number of hydrogen-bond acceptors (Lipinski definition) is 5. The lowest BCUT2D eigenvalue weighted by Gasteiger charge is -2.13. The van der Waals surface area contributed by atoms with E-state index in [0.29, 0.717) is 0 Å². The second-order valence-electron chi connectivity index (χ2n) is 7.18. The molecular weight excluding hydrogens is 398 g/mol. The first-order chi connectivity index (χ1) is 14.2. The van der Waals surface area contributed by atoms with E-state index in [-0.39, 0.29) is 49.9 Å². The molecule has 2 heterocycles. The molecule has 0 aliphatic rings. The average Bonchev–Trinajstić information content (AvgIpc) is 3.05. The third-order valence-corrected chi connectivity index (χ3v) is 4.69. The van der Waals surface area contributed by atoms with Gasteiger partial charge < -0.3 is 9.84 Å². The van der Waals surface area contributed by atoms with Crippen LogP contribution < -0.4 is 16.0 Å². The molecule has 1 aromatic carbocycles. The Morgan fingerprint density at radius 3 is 2.50 bits per heavy atom. The van der Waals surface area contributed by atoms with Crippen LogP contribution in [0.3, 0.4) is 0 Å². The van der Waals surface area contributed by atoms with E-state index >= 15 is 0 Å². The molecule has 0 amide bonds. The fourth-order valence-corrected chi connectivity index (χ4v) is 3.12. The molecule has 0 bridgehead atoms. The van der Waals surface area contributed by atoms with E-state index < -0.39 is 23.6 Å². The fourth-order valence-electron chi connectivity index (χ4n) is 3.12. The number of aryl methyl sites for hydroxylation is 1. The molecule has 0 radical (unpaired) electrons. The first-order valence-corrected chi connectivity index (χ1v) is 9.58. The summed E-state index contributed by atoms with van der Waals surface area (Å²) in [5.41, 5.74) is -0.0492. The summed E-state index contributed by atoms with van der Waals surface area (Å²) >= 11 is 0. The largest absolute Gasteiger partial charge is 0.464 e. The molecule has 0 unspecified atom stereocenters. The van der Waals surface area contributed by atoms with Gasteiger partial charge in [-0.3, -0.25) is 18.5 Å². The highest BCUT2D eigenvalue weighted by atomic mass is 19.3. The maximum atomic E-state index is 13.2. The average molecular weight is 422 g/mol. The van der Waals surface area contributed by atoms with Crippen molar-refractivity contribution < 1.29 is 18.6 Å². The predicted octanol–water partition coefficient (Wildman–Crippen LogP) is 1.75. The summed E-state index contributed by atoms with van der Waals surface area (Å²) in [6.07, 6.45) is -0.274. The van der Waals surface area contributed by atoms with Crippen LogP contribution in [0.5, 0.6) is 6.01 Å². The minimum absolute atomic E-state index is 0.00916. The van der Waals surface area contributed by atoms with Gasteiger partial charge in [-0.2, -0.15) is 4.98 Å². The lowest BCUT2D eigenvalue weighted by molar-refractivity contribution is -0.000347. The predicted molar refractivity (Wildman–Crippen MR) is 107 cm³/mol. The van der Waals surface area contributed by atoms with Gasteiger partial charge in [-0.15, -0.1) is 0 Å². The molecular formula is C20H24F2N4O4. The maximum absolute atomic E-state index is 13.2. The number of imidazole rings is 1. The molecule has 0 spiro atoms. The Morgan fingerprint density at radius 2 is 1.87 bits per heavy atom. The number of aliphatic hydroxyl groups is 1. The molecule has 3 rings (SSSR count). The molecule has 162 valence electrons. The summed E-state index contributed by atoms with van der Waals surface area (Å²) in [6.45, 7) is 0.590. The number of benzene rings is 1. The summed E-state index contributed by atoms with van der Waals surface area (Å²) in [4.78, 5) is 30.0. The van der Waals surface area contributed by atoms with Gasteiger partial charge in [-0.25, -0.2) is 13.6 Å². The van der Waals surface area contributed by atoms with E-state index in [2.05, 4.69) is 4.98 Å². The van der Waals surface area contributed by atoms with Crippen molar-refractivity contribution in [2.24, 2.45) is 7.05 Å². The molecule has 8 nitrogen and oxygen atoms in total. The van der Waals surface area contributed by atoms with Crippen LogP contribution in [0.1, 0.15) is 25.3 Å². The number of alkyl halides is 2. The number of fused-ring (bicyclic) bond motifs is 1. The van der Waals surface area contributed by atoms with Gasteiger partial charge in [0.2, 0.25) is 5.92 Å². The molecule has 3 aromatic rings. The first kappa shape index (κ1) is 21.7. The molecule has 1 N–H and O–H groups in total. The van der Waals surface area contributed by atoms with E-state index in [0.717, 1.165) is 17.1 Å². The Kier molecular flexibility index (Phi) is 6.35. The molecule has 30 heavy (non-hydrogen) atoms. The van der Waals surface area contributed by atoms with Crippen LogP contribution in [-0.2, 0) is 20.1 Å². The van der Waals surface area contributed by atoms with Gasteiger partial charge in [0.25, 0.3) is 11.6 Å². The number of nitrogens with zero attached hydrogens (tertiary/aromatic N) is 4. The highest BCUT2D eigenvalue weighted by Gasteiger charge is 2.24. The maximum Gasteiger partial charge on any atom is 0.332 e.